The van der Waals surface area contributed by atoms with Gasteiger partial charge in [-0.1, -0.05) is 17.7 Å². The third kappa shape index (κ3) is 6.10. The van der Waals surface area contributed by atoms with Gasteiger partial charge in [0.05, 0.1) is 18.0 Å². The second-order valence-corrected chi connectivity index (χ2v) is 11.5. The fourth-order valence-electron chi connectivity index (χ4n) is 4.98. The van der Waals surface area contributed by atoms with Gasteiger partial charge in [0.2, 0.25) is 10.0 Å². The second-order valence-electron chi connectivity index (χ2n) is 9.50. The van der Waals surface area contributed by atoms with Gasteiger partial charge in [-0.3, -0.25) is 4.79 Å². The summed E-state index contributed by atoms with van der Waals surface area (Å²) in [6.45, 7) is 3.59. The zero-order valence-electron chi connectivity index (χ0n) is 18.9. The molecule has 0 aromatic heterocycles. The molecule has 1 aromatic carbocycles. The summed E-state index contributed by atoms with van der Waals surface area (Å²) in [6, 6.07) is 6.09. The maximum atomic E-state index is 12.4. The number of aryl methyl sites for hydroxylation is 1. The number of benzene rings is 1. The molecular formula is C24H36N2O5S. The first-order chi connectivity index (χ1) is 15.5. The molecule has 7 nitrogen and oxygen atoms in total. The van der Waals surface area contributed by atoms with Crippen LogP contribution in [-0.2, 0) is 19.6 Å². The van der Waals surface area contributed by atoms with Crippen molar-refractivity contribution in [3.8, 4) is 5.75 Å². The highest BCUT2D eigenvalue weighted by Crippen LogP contribution is 2.39. The molecule has 32 heavy (non-hydrogen) atoms. The van der Waals surface area contributed by atoms with Crippen LogP contribution in [0.25, 0.3) is 0 Å². The number of carbonyl (C=O) groups is 1. The monoisotopic (exact) mass is 464 g/mol. The highest BCUT2D eigenvalue weighted by atomic mass is 32.2. The molecule has 1 saturated heterocycles. The van der Waals surface area contributed by atoms with Gasteiger partial charge >= 0.3 is 0 Å². The van der Waals surface area contributed by atoms with Gasteiger partial charge in [0.15, 0.2) is 6.29 Å². The number of aldehydes is 1. The normalized spacial score (nSPS) is 28.9. The largest absolute Gasteiger partial charge is 0.486 e. The van der Waals surface area contributed by atoms with Gasteiger partial charge in [-0.05, 0) is 82.4 Å². The highest BCUT2D eigenvalue weighted by Gasteiger charge is 2.39. The van der Waals surface area contributed by atoms with Crippen LogP contribution in [0.2, 0.25) is 0 Å². The van der Waals surface area contributed by atoms with Gasteiger partial charge in [0.25, 0.3) is 0 Å². The van der Waals surface area contributed by atoms with Crippen molar-refractivity contribution in [1.82, 2.24) is 10.0 Å². The van der Waals surface area contributed by atoms with Crippen molar-refractivity contribution < 1.29 is 22.7 Å². The predicted octanol–water partition coefficient (Wildman–Crippen LogP) is 2.82. The first-order valence-corrected chi connectivity index (χ1v) is 13.5. The van der Waals surface area contributed by atoms with Crippen LogP contribution in [0.3, 0.4) is 0 Å². The number of hydrogen-bond acceptors (Lipinski definition) is 6. The number of hydrogen-bond donors (Lipinski definition) is 2. The van der Waals surface area contributed by atoms with Crippen molar-refractivity contribution in [2.75, 3.05) is 19.8 Å². The summed E-state index contributed by atoms with van der Waals surface area (Å²) < 4.78 is 39.7. The molecule has 2 N–H and O–H groups in total. The Morgan fingerprint density at radius 3 is 2.62 bits per heavy atom. The number of rotatable bonds is 10. The molecule has 0 amide bonds. The van der Waals surface area contributed by atoms with Crippen LogP contribution >= 0.6 is 0 Å². The molecule has 1 heterocycles. The smallest absolute Gasteiger partial charge is 0.214 e. The minimum atomic E-state index is -3.19. The lowest BCUT2D eigenvalue weighted by molar-refractivity contribution is -0.109. The fourth-order valence-corrected chi connectivity index (χ4v) is 6.63. The summed E-state index contributed by atoms with van der Waals surface area (Å²) in [5.41, 5.74) is 2.38. The maximum absolute atomic E-state index is 12.4. The Labute approximate surface area is 191 Å². The van der Waals surface area contributed by atoms with Crippen molar-refractivity contribution >= 4 is 16.3 Å². The quantitative estimate of drug-likeness (QED) is 0.517. The summed E-state index contributed by atoms with van der Waals surface area (Å²) in [5, 5.41) is 3.27. The molecule has 2 atom stereocenters. The van der Waals surface area contributed by atoms with Crippen molar-refractivity contribution in [1.29, 1.82) is 0 Å². The van der Waals surface area contributed by atoms with Crippen LogP contribution in [0.4, 0.5) is 0 Å². The Bertz CT molecular complexity index is 878. The summed E-state index contributed by atoms with van der Waals surface area (Å²) in [6.07, 6.45) is 8.34. The molecule has 3 aliphatic rings. The molecule has 3 fully saturated rings. The number of nitrogens with one attached hydrogen (secondary N) is 2. The molecule has 178 valence electrons. The van der Waals surface area contributed by atoms with Crippen molar-refractivity contribution in [3.63, 3.8) is 0 Å². The van der Waals surface area contributed by atoms with Gasteiger partial charge in [-0.2, -0.15) is 0 Å². The van der Waals surface area contributed by atoms with Crippen LogP contribution in [0.5, 0.6) is 5.75 Å². The van der Waals surface area contributed by atoms with Crippen LogP contribution < -0.4 is 14.8 Å². The van der Waals surface area contributed by atoms with Crippen LogP contribution in [0.1, 0.15) is 68.4 Å². The summed E-state index contributed by atoms with van der Waals surface area (Å²) in [5.74, 6) is 1.21. The molecule has 0 radical (unpaired) electrons. The topological polar surface area (TPSA) is 93.7 Å². The van der Waals surface area contributed by atoms with E-state index in [0.29, 0.717) is 12.5 Å². The Morgan fingerprint density at radius 2 is 1.91 bits per heavy atom. The van der Waals surface area contributed by atoms with E-state index >= 15 is 0 Å². The van der Waals surface area contributed by atoms with Gasteiger partial charge in [-0.25, -0.2) is 13.1 Å². The molecule has 2 saturated carbocycles. The molecule has 4 rings (SSSR count). The van der Waals surface area contributed by atoms with E-state index in [9.17, 15) is 13.2 Å². The van der Waals surface area contributed by atoms with E-state index in [1.165, 1.54) is 11.1 Å². The van der Waals surface area contributed by atoms with E-state index in [2.05, 4.69) is 23.0 Å². The Morgan fingerprint density at radius 1 is 1.12 bits per heavy atom. The van der Waals surface area contributed by atoms with Crippen LogP contribution in [-0.4, -0.2) is 57.9 Å². The predicted molar refractivity (Wildman–Crippen MR) is 124 cm³/mol. The number of ether oxygens (including phenoxy) is 2. The first-order valence-electron chi connectivity index (χ1n) is 12.0. The average Bonchev–Trinajstić information content (AvgIpc) is 3.64. The molecule has 1 aromatic rings. The Kier molecular flexibility index (Phi) is 7.87. The standard InChI is InChI=1S/C24H36N2O5S/c1-17-4-11-24(30-14-13-27)21(15-17)18-5-7-19(8-6-18)31-16-23-22(3-2-12-25-23)26-32(28,29)20-9-10-20/h4,11,13,15,18-20,22-23,25-26H,2-3,5-10,12,14,16H2,1H3/t18-,19+,22-,23-/m0/s1. The maximum Gasteiger partial charge on any atom is 0.214 e. The molecule has 2 aliphatic carbocycles. The zero-order valence-corrected chi connectivity index (χ0v) is 19.7. The van der Waals surface area contributed by atoms with Crippen molar-refractivity contribution in [3.05, 3.63) is 29.3 Å². The van der Waals surface area contributed by atoms with Gasteiger partial charge in [0, 0.05) is 12.1 Å². The minimum Gasteiger partial charge on any atom is -0.486 e. The lowest BCUT2D eigenvalue weighted by Crippen LogP contribution is -2.56. The van der Waals surface area contributed by atoms with E-state index in [1.807, 2.05) is 12.1 Å². The molecular weight excluding hydrogens is 428 g/mol. The van der Waals surface area contributed by atoms with Crippen molar-refractivity contribution in [2.24, 2.45) is 0 Å². The minimum absolute atomic E-state index is 0.0233. The lowest BCUT2D eigenvalue weighted by Gasteiger charge is -2.35. The number of carbonyl (C=O) groups excluding carboxylic acids is 1. The number of piperidine rings is 1. The fraction of sp³-hybridized carbons (Fsp3) is 0.708. The Hall–Kier alpha value is -1.48. The van der Waals surface area contributed by atoms with Gasteiger partial charge < -0.3 is 14.8 Å². The van der Waals surface area contributed by atoms with E-state index < -0.39 is 10.0 Å². The third-order valence-electron chi connectivity index (χ3n) is 6.96. The van der Waals surface area contributed by atoms with Crippen molar-refractivity contribution in [2.45, 2.75) is 87.6 Å². The van der Waals surface area contributed by atoms with E-state index in [-0.39, 0.29) is 30.0 Å². The second kappa shape index (κ2) is 10.6. The molecule has 1 aliphatic heterocycles. The third-order valence-corrected chi connectivity index (χ3v) is 8.94. The van der Waals surface area contributed by atoms with Crippen LogP contribution in [0.15, 0.2) is 18.2 Å². The summed E-state index contributed by atoms with van der Waals surface area (Å²) in [7, 11) is -3.19. The van der Waals surface area contributed by atoms with E-state index in [4.69, 9.17) is 9.47 Å². The first kappa shape index (κ1) is 23.7. The SMILES string of the molecule is Cc1ccc(OCC=O)c([C@H]2CC[C@@H](OC[C@@H]3NCCC[C@@H]3NS(=O)(=O)C3CC3)CC2)c1. The molecule has 0 unspecified atom stereocenters. The van der Waals surface area contributed by atoms with E-state index in [0.717, 1.165) is 69.9 Å². The lowest BCUT2D eigenvalue weighted by atomic mass is 9.82. The van der Waals surface area contributed by atoms with Gasteiger partial charge in [0.1, 0.15) is 12.4 Å². The Balaban J connectivity index is 1.28. The summed E-state index contributed by atoms with van der Waals surface area (Å²) in [4.78, 5) is 10.7. The molecule has 0 spiro atoms. The van der Waals surface area contributed by atoms with Crippen LogP contribution in [0, 0.1) is 6.92 Å². The summed E-state index contributed by atoms with van der Waals surface area (Å²) >= 11 is 0. The van der Waals surface area contributed by atoms with E-state index in [1.54, 1.807) is 0 Å². The average molecular weight is 465 g/mol. The van der Waals surface area contributed by atoms with Gasteiger partial charge in [-0.15, -0.1) is 0 Å². The molecule has 0 bridgehead atoms. The zero-order chi connectivity index (χ0) is 22.6. The number of sulfonamides is 1. The molecule has 8 heteroatoms. The highest BCUT2D eigenvalue weighted by molar-refractivity contribution is 7.90.